The van der Waals surface area contributed by atoms with Gasteiger partial charge in [-0.3, -0.25) is 0 Å². The number of carboxylic acid groups (broad SMARTS) is 1. The van der Waals surface area contributed by atoms with Crippen LogP contribution in [0.2, 0.25) is 5.02 Å². The first kappa shape index (κ1) is 14.6. The molecular weight excluding hydrogens is 288 g/mol. The van der Waals surface area contributed by atoms with Crippen molar-refractivity contribution in [2.75, 3.05) is 0 Å². The zero-order chi connectivity index (χ0) is 15.4. The van der Waals surface area contributed by atoms with Crippen molar-refractivity contribution in [3.05, 3.63) is 63.4 Å². The standard InChI is InChI=1S/C16H9ClN2O2/c1-10-6-13(16(20)21)5-4-12(10)3-2-11-7-14(17)15(8-18)19-9-11/h4-7,9H,1H3,(H,20,21). The van der Waals surface area contributed by atoms with Crippen LogP contribution in [-0.4, -0.2) is 16.1 Å². The molecule has 0 spiro atoms. The first-order valence-corrected chi connectivity index (χ1v) is 6.30. The number of pyridine rings is 1. The second-order valence-electron chi connectivity index (χ2n) is 4.25. The molecule has 0 aliphatic heterocycles. The fraction of sp³-hybridized carbons (Fsp3) is 0.0625. The van der Waals surface area contributed by atoms with Crippen LogP contribution in [0.3, 0.4) is 0 Å². The van der Waals surface area contributed by atoms with Crippen LogP contribution in [0.25, 0.3) is 0 Å². The SMILES string of the molecule is Cc1cc(C(=O)O)ccc1C#Cc1cnc(C#N)c(Cl)c1. The smallest absolute Gasteiger partial charge is 0.335 e. The third-order valence-electron chi connectivity index (χ3n) is 2.76. The van der Waals surface area contributed by atoms with Crippen molar-refractivity contribution in [2.45, 2.75) is 6.92 Å². The van der Waals surface area contributed by atoms with Crippen molar-refractivity contribution >= 4 is 17.6 Å². The van der Waals surface area contributed by atoms with Crippen LogP contribution in [0.15, 0.2) is 30.5 Å². The molecule has 1 heterocycles. The van der Waals surface area contributed by atoms with Crippen molar-refractivity contribution in [3.63, 3.8) is 0 Å². The van der Waals surface area contributed by atoms with Gasteiger partial charge in [0.05, 0.1) is 10.6 Å². The Kier molecular flexibility index (Phi) is 4.23. The number of carboxylic acids is 1. The molecule has 0 unspecified atom stereocenters. The average molecular weight is 297 g/mol. The van der Waals surface area contributed by atoms with Gasteiger partial charge in [0, 0.05) is 17.3 Å². The van der Waals surface area contributed by atoms with Gasteiger partial charge >= 0.3 is 5.97 Å². The topological polar surface area (TPSA) is 74.0 Å². The predicted octanol–water partition coefficient (Wildman–Crippen LogP) is 3.01. The molecule has 102 valence electrons. The Labute approximate surface area is 126 Å². The number of aromatic nitrogens is 1. The largest absolute Gasteiger partial charge is 0.478 e. The number of benzene rings is 1. The maximum absolute atomic E-state index is 10.9. The summed E-state index contributed by atoms with van der Waals surface area (Å²) in [5.74, 6) is 4.85. The van der Waals surface area contributed by atoms with Crippen molar-refractivity contribution < 1.29 is 9.90 Å². The summed E-state index contributed by atoms with van der Waals surface area (Å²) in [7, 11) is 0. The minimum absolute atomic E-state index is 0.157. The number of aromatic carboxylic acids is 1. The fourth-order valence-electron chi connectivity index (χ4n) is 1.66. The summed E-state index contributed by atoms with van der Waals surface area (Å²) >= 11 is 5.88. The molecule has 2 aromatic rings. The molecule has 0 radical (unpaired) electrons. The lowest BCUT2D eigenvalue weighted by molar-refractivity contribution is 0.0697. The maximum Gasteiger partial charge on any atom is 0.335 e. The first-order chi connectivity index (χ1) is 10.0. The molecule has 1 aromatic carbocycles. The van der Waals surface area contributed by atoms with Gasteiger partial charge < -0.3 is 5.11 Å². The van der Waals surface area contributed by atoms with E-state index in [2.05, 4.69) is 16.8 Å². The Morgan fingerprint density at radius 3 is 2.67 bits per heavy atom. The van der Waals surface area contributed by atoms with E-state index in [0.717, 1.165) is 11.1 Å². The average Bonchev–Trinajstić information content (AvgIpc) is 2.46. The highest BCUT2D eigenvalue weighted by Crippen LogP contribution is 2.14. The molecule has 21 heavy (non-hydrogen) atoms. The minimum atomic E-state index is -0.972. The van der Waals surface area contributed by atoms with Gasteiger partial charge in [0.1, 0.15) is 6.07 Å². The van der Waals surface area contributed by atoms with E-state index >= 15 is 0 Å². The van der Waals surface area contributed by atoms with Crippen molar-refractivity contribution in [3.8, 4) is 17.9 Å². The van der Waals surface area contributed by atoms with Crippen LogP contribution in [0.1, 0.15) is 32.7 Å². The van der Waals surface area contributed by atoms with Crippen LogP contribution < -0.4 is 0 Å². The molecule has 0 amide bonds. The van der Waals surface area contributed by atoms with E-state index in [-0.39, 0.29) is 16.3 Å². The monoisotopic (exact) mass is 296 g/mol. The van der Waals surface area contributed by atoms with Crippen LogP contribution in [0, 0.1) is 30.1 Å². The van der Waals surface area contributed by atoms with Crippen LogP contribution in [-0.2, 0) is 0 Å². The molecule has 0 saturated carbocycles. The van der Waals surface area contributed by atoms with E-state index < -0.39 is 5.97 Å². The minimum Gasteiger partial charge on any atom is -0.478 e. The lowest BCUT2D eigenvalue weighted by atomic mass is 10.1. The summed E-state index contributed by atoms with van der Waals surface area (Å²) in [4.78, 5) is 14.8. The van der Waals surface area contributed by atoms with Gasteiger partial charge in [-0.1, -0.05) is 23.4 Å². The molecule has 0 saturated heterocycles. The molecule has 5 heteroatoms. The zero-order valence-electron chi connectivity index (χ0n) is 11.0. The molecule has 2 rings (SSSR count). The molecule has 1 aromatic heterocycles. The Hall–Kier alpha value is -2.82. The third-order valence-corrected chi connectivity index (χ3v) is 3.05. The third kappa shape index (κ3) is 3.39. The normalized spacial score (nSPS) is 9.38. The van der Waals surface area contributed by atoms with Crippen molar-refractivity contribution in [2.24, 2.45) is 0 Å². The highest BCUT2D eigenvalue weighted by molar-refractivity contribution is 6.31. The highest BCUT2D eigenvalue weighted by Gasteiger charge is 2.04. The number of nitrogens with zero attached hydrogens (tertiary/aromatic N) is 2. The van der Waals surface area contributed by atoms with Gasteiger partial charge in [-0.15, -0.1) is 0 Å². The van der Waals surface area contributed by atoms with Crippen LogP contribution in [0.5, 0.6) is 0 Å². The maximum atomic E-state index is 10.9. The Balaban J connectivity index is 2.33. The second-order valence-corrected chi connectivity index (χ2v) is 4.66. The first-order valence-electron chi connectivity index (χ1n) is 5.93. The molecule has 0 aliphatic carbocycles. The Bertz CT molecular complexity index is 826. The van der Waals surface area contributed by atoms with E-state index in [1.807, 2.05) is 6.07 Å². The quantitative estimate of drug-likeness (QED) is 0.821. The number of hydrogen-bond acceptors (Lipinski definition) is 3. The zero-order valence-corrected chi connectivity index (χ0v) is 11.8. The number of aryl methyl sites for hydroxylation is 1. The number of hydrogen-bond donors (Lipinski definition) is 1. The highest BCUT2D eigenvalue weighted by atomic mass is 35.5. The van der Waals surface area contributed by atoms with E-state index in [0.29, 0.717) is 5.56 Å². The molecule has 4 nitrogen and oxygen atoms in total. The van der Waals surface area contributed by atoms with Crippen LogP contribution >= 0.6 is 11.6 Å². The predicted molar refractivity (Wildman–Crippen MR) is 78.1 cm³/mol. The van der Waals surface area contributed by atoms with Gasteiger partial charge in [-0.25, -0.2) is 9.78 Å². The molecule has 0 fully saturated rings. The Morgan fingerprint density at radius 1 is 1.33 bits per heavy atom. The molecule has 0 aliphatic rings. The lowest BCUT2D eigenvalue weighted by Gasteiger charge is -2.00. The summed E-state index contributed by atoms with van der Waals surface area (Å²) in [6.45, 7) is 1.79. The summed E-state index contributed by atoms with van der Waals surface area (Å²) in [5, 5.41) is 17.9. The fourth-order valence-corrected chi connectivity index (χ4v) is 1.87. The molecule has 1 N–H and O–H groups in total. The van der Waals surface area contributed by atoms with E-state index in [9.17, 15) is 4.79 Å². The summed E-state index contributed by atoms with van der Waals surface area (Å²) < 4.78 is 0. The second kappa shape index (κ2) is 6.09. The summed E-state index contributed by atoms with van der Waals surface area (Å²) in [5.41, 5.74) is 2.46. The number of carbonyl (C=O) groups is 1. The van der Waals surface area contributed by atoms with E-state index in [1.165, 1.54) is 12.3 Å². The van der Waals surface area contributed by atoms with E-state index in [4.69, 9.17) is 22.0 Å². The van der Waals surface area contributed by atoms with Crippen molar-refractivity contribution in [1.82, 2.24) is 4.98 Å². The lowest BCUT2D eigenvalue weighted by Crippen LogP contribution is -1.97. The van der Waals surface area contributed by atoms with Crippen LogP contribution in [0.4, 0.5) is 0 Å². The van der Waals surface area contributed by atoms with Crippen molar-refractivity contribution in [1.29, 1.82) is 5.26 Å². The van der Waals surface area contributed by atoms with Gasteiger partial charge in [-0.2, -0.15) is 5.26 Å². The number of halogens is 1. The molecule has 0 atom stereocenters. The van der Waals surface area contributed by atoms with Gasteiger partial charge in [0.25, 0.3) is 0 Å². The Morgan fingerprint density at radius 2 is 2.10 bits per heavy atom. The number of rotatable bonds is 1. The number of nitriles is 1. The molecular formula is C16H9ClN2O2. The van der Waals surface area contributed by atoms with Gasteiger partial charge in [0.2, 0.25) is 0 Å². The van der Waals surface area contributed by atoms with Gasteiger partial charge in [0.15, 0.2) is 5.69 Å². The summed E-state index contributed by atoms with van der Waals surface area (Å²) in [6, 6.07) is 8.17. The summed E-state index contributed by atoms with van der Waals surface area (Å²) in [6.07, 6.45) is 1.47. The van der Waals surface area contributed by atoms with E-state index in [1.54, 1.807) is 25.1 Å². The molecule has 0 bridgehead atoms. The van der Waals surface area contributed by atoms with Gasteiger partial charge in [-0.05, 0) is 36.8 Å².